The highest BCUT2D eigenvalue weighted by Gasteiger charge is 2.39. The van der Waals surface area contributed by atoms with E-state index >= 15 is 0 Å². The summed E-state index contributed by atoms with van der Waals surface area (Å²) in [6.45, 7) is 2.02. The van der Waals surface area contributed by atoms with Crippen molar-refractivity contribution in [2.45, 2.75) is 38.4 Å². The summed E-state index contributed by atoms with van der Waals surface area (Å²) < 4.78 is 18.0. The van der Waals surface area contributed by atoms with Crippen molar-refractivity contribution in [3.05, 3.63) is 69.0 Å². The molecule has 3 unspecified atom stereocenters. The molecule has 1 aliphatic rings. The fourth-order valence-electron chi connectivity index (χ4n) is 2.90. The standard InChI is InChI=1S/C18H20N2O6/c1-12(21)25-15-9-14(11-24-10-13-5-3-2-4-6-13)26-17(15)20-8-7-16(22)19-18(20)23/h2-8,14-15,17H,9-11H2,1H3,(H,19,22,23). The number of aromatic amines is 1. The molecule has 138 valence electrons. The van der Waals surface area contributed by atoms with Crippen LogP contribution in [0.2, 0.25) is 0 Å². The molecule has 8 nitrogen and oxygen atoms in total. The number of esters is 1. The summed E-state index contributed by atoms with van der Waals surface area (Å²) in [4.78, 5) is 36.8. The first-order valence-electron chi connectivity index (χ1n) is 8.29. The van der Waals surface area contributed by atoms with E-state index in [0.717, 1.165) is 5.56 Å². The lowest BCUT2D eigenvalue weighted by Crippen LogP contribution is -2.36. The zero-order valence-electron chi connectivity index (χ0n) is 14.3. The maximum absolute atomic E-state index is 12.0. The van der Waals surface area contributed by atoms with Crippen LogP contribution in [-0.4, -0.2) is 34.3 Å². The largest absolute Gasteiger partial charge is 0.458 e. The molecular formula is C18H20N2O6. The first-order chi connectivity index (χ1) is 12.5. The average molecular weight is 360 g/mol. The second kappa shape index (κ2) is 8.11. The highest BCUT2D eigenvalue weighted by Crippen LogP contribution is 2.30. The lowest BCUT2D eigenvalue weighted by molar-refractivity contribution is -0.152. The van der Waals surface area contributed by atoms with Crippen molar-refractivity contribution in [1.82, 2.24) is 9.55 Å². The first-order valence-corrected chi connectivity index (χ1v) is 8.29. The van der Waals surface area contributed by atoms with Crippen molar-refractivity contribution in [2.24, 2.45) is 0 Å². The SMILES string of the molecule is CC(=O)OC1CC(COCc2ccccc2)OC1n1ccc(=O)[nH]c1=O. The molecule has 1 aliphatic heterocycles. The van der Waals surface area contributed by atoms with E-state index in [9.17, 15) is 14.4 Å². The predicted molar refractivity (Wildman–Crippen MR) is 91.5 cm³/mol. The van der Waals surface area contributed by atoms with Gasteiger partial charge in [0.2, 0.25) is 0 Å². The highest BCUT2D eigenvalue weighted by molar-refractivity contribution is 5.66. The Bertz CT molecular complexity index is 860. The number of ether oxygens (including phenoxy) is 3. The molecule has 3 atom stereocenters. The Morgan fingerprint density at radius 1 is 1.27 bits per heavy atom. The van der Waals surface area contributed by atoms with E-state index in [1.54, 1.807) is 0 Å². The van der Waals surface area contributed by atoms with E-state index in [4.69, 9.17) is 14.2 Å². The minimum Gasteiger partial charge on any atom is -0.458 e. The minimum atomic E-state index is -0.812. The van der Waals surface area contributed by atoms with Crippen LogP contribution in [0.3, 0.4) is 0 Å². The molecule has 0 bridgehead atoms. The summed E-state index contributed by atoms with van der Waals surface area (Å²) in [6.07, 6.45) is -0.0676. The van der Waals surface area contributed by atoms with Gasteiger partial charge in [-0.25, -0.2) is 4.79 Å². The molecule has 2 aromatic rings. The molecule has 8 heteroatoms. The molecule has 0 saturated carbocycles. The van der Waals surface area contributed by atoms with E-state index in [0.29, 0.717) is 19.6 Å². The summed E-state index contributed by atoms with van der Waals surface area (Å²) >= 11 is 0. The van der Waals surface area contributed by atoms with Gasteiger partial charge in [0, 0.05) is 25.6 Å². The molecule has 0 spiro atoms. The van der Waals surface area contributed by atoms with Gasteiger partial charge in [-0.15, -0.1) is 0 Å². The molecular weight excluding hydrogens is 340 g/mol. The summed E-state index contributed by atoms with van der Waals surface area (Å²) in [5.41, 5.74) is -0.0861. The molecule has 2 heterocycles. The number of H-pyrrole nitrogens is 1. The van der Waals surface area contributed by atoms with Gasteiger partial charge in [0.25, 0.3) is 5.56 Å². The summed E-state index contributed by atoms with van der Waals surface area (Å²) in [7, 11) is 0. The third-order valence-electron chi connectivity index (χ3n) is 4.00. The zero-order chi connectivity index (χ0) is 18.5. The van der Waals surface area contributed by atoms with Crippen molar-refractivity contribution >= 4 is 5.97 Å². The van der Waals surface area contributed by atoms with Gasteiger partial charge in [0.1, 0.15) is 6.10 Å². The second-order valence-electron chi connectivity index (χ2n) is 6.05. The highest BCUT2D eigenvalue weighted by atomic mass is 16.6. The summed E-state index contributed by atoms with van der Waals surface area (Å²) in [6, 6.07) is 10.9. The van der Waals surface area contributed by atoms with Crippen molar-refractivity contribution in [1.29, 1.82) is 0 Å². The molecule has 3 rings (SSSR count). The van der Waals surface area contributed by atoms with Crippen LogP contribution in [0.15, 0.2) is 52.2 Å². The number of nitrogens with one attached hydrogen (secondary N) is 1. The summed E-state index contributed by atoms with van der Waals surface area (Å²) in [5.74, 6) is -0.466. The molecule has 0 amide bonds. The second-order valence-corrected chi connectivity index (χ2v) is 6.05. The number of hydrogen-bond donors (Lipinski definition) is 1. The molecule has 0 aliphatic carbocycles. The van der Waals surface area contributed by atoms with Crippen LogP contribution in [0, 0.1) is 0 Å². The van der Waals surface area contributed by atoms with Crippen LogP contribution in [0.5, 0.6) is 0 Å². The monoisotopic (exact) mass is 360 g/mol. The lowest BCUT2D eigenvalue weighted by atomic mass is 10.2. The average Bonchev–Trinajstić information content (AvgIpc) is 2.97. The number of rotatable bonds is 6. The summed E-state index contributed by atoms with van der Waals surface area (Å²) in [5, 5.41) is 0. The quantitative estimate of drug-likeness (QED) is 0.771. The first kappa shape index (κ1) is 18.1. The van der Waals surface area contributed by atoms with E-state index in [1.165, 1.54) is 23.8 Å². The van der Waals surface area contributed by atoms with E-state index in [2.05, 4.69) is 4.98 Å². The van der Waals surface area contributed by atoms with Gasteiger partial charge in [-0.1, -0.05) is 30.3 Å². The van der Waals surface area contributed by atoms with Crippen LogP contribution in [0.25, 0.3) is 0 Å². The van der Waals surface area contributed by atoms with Gasteiger partial charge in [-0.05, 0) is 5.56 Å². The fraction of sp³-hybridized carbons (Fsp3) is 0.389. The molecule has 1 aromatic heterocycles. The van der Waals surface area contributed by atoms with Crippen LogP contribution in [0.4, 0.5) is 0 Å². The Morgan fingerprint density at radius 2 is 2.04 bits per heavy atom. The third kappa shape index (κ3) is 4.47. The maximum atomic E-state index is 12.0. The topological polar surface area (TPSA) is 99.6 Å². The van der Waals surface area contributed by atoms with Crippen molar-refractivity contribution in [3.8, 4) is 0 Å². The van der Waals surface area contributed by atoms with Crippen LogP contribution in [0.1, 0.15) is 25.1 Å². The number of nitrogens with zero attached hydrogens (tertiary/aromatic N) is 1. The Labute approximate surface area is 149 Å². The number of hydrogen-bond acceptors (Lipinski definition) is 6. The van der Waals surface area contributed by atoms with Gasteiger partial charge >= 0.3 is 11.7 Å². The third-order valence-corrected chi connectivity index (χ3v) is 4.00. The maximum Gasteiger partial charge on any atom is 0.330 e. The molecule has 1 N–H and O–H groups in total. The van der Waals surface area contributed by atoms with E-state index in [1.807, 2.05) is 30.3 Å². The Balaban J connectivity index is 1.67. The van der Waals surface area contributed by atoms with Crippen LogP contribution >= 0.6 is 0 Å². The molecule has 26 heavy (non-hydrogen) atoms. The molecule has 1 saturated heterocycles. The smallest absolute Gasteiger partial charge is 0.330 e. The van der Waals surface area contributed by atoms with Gasteiger partial charge in [0.15, 0.2) is 6.23 Å². The van der Waals surface area contributed by atoms with Gasteiger partial charge in [-0.3, -0.25) is 19.1 Å². The van der Waals surface area contributed by atoms with Crippen molar-refractivity contribution in [3.63, 3.8) is 0 Å². The minimum absolute atomic E-state index is 0.293. The molecule has 1 aromatic carbocycles. The predicted octanol–water partition coefficient (Wildman–Crippen LogP) is 0.973. The van der Waals surface area contributed by atoms with Crippen LogP contribution < -0.4 is 11.2 Å². The number of benzene rings is 1. The molecule has 1 fully saturated rings. The number of carbonyl (C=O) groups excluding carboxylic acids is 1. The van der Waals surface area contributed by atoms with Crippen LogP contribution in [-0.2, 0) is 25.6 Å². The van der Waals surface area contributed by atoms with Gasteiger partial charge < -0.3 is 14.2 Å². The lowest BCUT2D eigenvalue weighted by Gasteiger charge is -2.20. The van der Waals surface area contributed by atoms with E-state index in [-0.39, 0.29) is 6.10 Å². The fourth-order valence-corrected chi connectivity index (χ4v) is 2.90. The van der Waals surface area contributed by atoms with Crippen molar-refractivity contribution < 1.29 is 19.0 Å². The number of carbonyl (C=O) groups is 1. The van der Waals surface area contributed by atoms with Crippen molar-refractivity contribution in [2.75, 3.05) is 6.61 Å². The Kier molecular flexibility index (Phi) is 5.65. The van der Waals surface area contributed by atoms with Gasteiger partial charge in [0.05, 0.1) is 19.3 Å². The molecule has 0 radical (unpaired) electrons. The Hall–Kier alpha value is -2.71. The zero-order valence-corrected chi connectivity index (χ0v) is 14.3. The van der Waals surface area contributed by atoms with E-state index < -0.39 is 29.6 Å². The number of aromatic nitrogens is 2. The van der Waals surface area contributed by atoms with Gasteiger partial charge in [-0.2, -0.15) is 0 Å². The Morgan fingerprint density at radius 3 is 2.73 bits per heavy atom. The normalized spacial score (nSPS) is 22.3.